The van der Waals surface area contributed by atoms with Crippen LogP contribution in [0.3, 0.4) is 0 Å². The molecule has 0 N–H and O–H groups in total. The summed E-state index contributed by atoms with van der Waals surface area (Å²) in [5.41, 5.74) is 0. The van der Waals surface area contributed by atoms with Crippen molar-refractivity contribution in [2.24, 2.45) is 29.6 Å². The van der Waals surface area contributed by atoms with Gasteiger partial charge in [0.2, 0.25) is 0 Å². The van der Waals surface area contributed by atoms with E-state index in [2.05, 4.69) is 13.8 Å². The van der Waals surface area contributed by atoms with Crippen LogP contribution in [0.25, 0.3) is 0 Å². The largest absolute Gasteiger partial charge is 0.462 e. The van der Waals surface area contributed by atoms with Crippen molar-refractivity contribution < 1.29 is 9.53 Å². The molecule has 0 bridgehead atoms. The van der Waals surface area contributed by atoms with Gasteiger partial charge < -0.3 is 4.74 Å². The van der Waals surface area contributed by atoms with Gasteiger partial charge in [0, 0.05) is 6.42 Å². The molecule has 0 aromatic heterocycles. The highest BCUT2D eigenvalue weighted by atomic mass is 16.5. The summed E-state index contributed by atoms with van der Waals surface area (Å²) in [6, 6.07) is 0. The van der Waals surface area contributed by atoms with E-state index in [-0.39, 0.29) is 12.1 Å². The first-order valence-corrected chi connectivity index (χ1v) is 13.9. The van der Waals surface area contributed by atoms with Gasteiger partial charge in [-0.1, -0.05) is 58.8 Å². The van der Waals surface area contributed by atoms with Crippen LogP contribution in [0.4, 0.5) is 0 Å². The Kier molecular flexibility index (Phi) is 10.5. The number of hydrogen-bond acceptors (Lipinski definition) is 2. The number of hydrogen-bond donors (Lipinski definition) is 0. The molecule has 0 spiro atoms. The second kappa shape index (κ2) is 13.1. The molecule has 2 nitrogen and oxygen atoms in total. The molecular formula is C28H50O2. The van der Waals surface area contributed by atoms with E-state index < -0.39 is 0 Å². The van der Waals surface area contributed by atoms with Crippen LogP contribution in [0.5, 0.6) is 0 Å². The zero-order chi connectivity index (χ0) is 21.2. The normalized spacial score (nSPS) is 35.1. The Balaban J connectivity index is 1.34. The lowest BCUT2D eigenvalue weighted by atomic mass is 9.65. The van der Waals surface area contributed by atoms with E-state index in [1.165, 1.54) is 89.9 Å². The maximum absolute atomic E-state index is 12.0. The molecule has 0 radical (unpaired) electrons. The highest BCUT2D eigenvalue weighted by Gasteiger charge is 2.35. The third kappa shape index (κ3) is 7.56. The van der Waals surface area contributed by atoms with Gasteiger partial charge >= 0.3 is 5.97 Å². The molecule has 0 aliphatic heterocycles. The number of esters is 1. The highest BCUT2D eigenvalue weighted by molar-refractivity contribution is 5.69. The molecule has 0 amide bonds. The van der Waals surface area contributed by atoms with E-state index in [9.17, 15) is 4.79 Å². The molecule has 2 heteroatoms. The lowest BCUT2D eigenvalue weighted by molar-refractivity contribution is -0.152. The topological polar surface area (TPSA) is 26.3 Å². The summed E-state index contributed by atoms with van der Waals surface area (Å²) < 4.78 is 5.84. The average molecular weight is 419 g/mol. The first-order valence-electron chi connectivity index (χ1n) is 13.9. The van der Waals surface area contributed by atoms with Gasteiger partial charge in [0.1, 0.15) is 6.10 Å². The van der Waals surface area contributed by atoms with Crippen LogP contribution in [0.1, 0.15) is 136 Å². The molecule has 3 saturated carbocycles. The molecule has 0 aromatic rings. The van der Waals surface area contributed by atoms with Crippen LogP contribution in [-0.4, -0.2) is 12.1 Å². The molecule has 3 aliphatic rings. The van der Waals surface area contributed by atoms with Crippen molar-refractivity contribution in [3.63, 3.8) is 0 Å². The SMILES string of the molecule is CCCCCC1CCC(C2CCC([C@H]3CCC[C@@H](OC(=O)CCCC)C3)CC2)CC1. The van der Waals surface area contributed by atoms with Crippen LogP contribution < -0.4 is 0 Å². The van der Waals surface area contributed by atoms with Crippen molar-refractivity contribution in [2.45, 2.75) is 142 Å². The minimum absolute atomic E-state index is 0.0523. The van der Waals surface area contributed by atoms with E-state index in [0.29, 0.717) is 6.42 Å². The zero-order valence-electron chi connectivity index (χ0n) is 20.2. The summed E-state index contributed by atoms with van der Waals surface area (Å²) in [5.74, 6) is 4.87. The van der Waals surface area contributed by atoms with Crippen LogP contribution in [-0.2, 0) is 9.53 Å². The number of ether oxygens (including phenoxy) is 1. The Morgan fingerprint density at radius 3 is 1.93 bits per heavy atom. The van der Waals surface area contributed by atoms with Crippen molar-refractivity contribution in [2.75, 3.05) is 0 Å². The van der Waals surface area contributed by atoms with Crippen LogP contribution in [0, 0.1) is 29.6 Å². The minimum atomic E-state index is 0.0523. The second-order valence-corrected chi connectivity index (χ2v) is 11.1. The van der Waals surface area contributed by atoms with Crippen molar-refractivity contribution in [3.8, 4) is 0 Å². The first-order chi connectivity index (χ1) is 14.7. The van der Waals surface area contributed by atoms with Gasteiger partial charge in [-0.05, 0) is 100 Å². The quantitative estimate of drug-likeness (QED) is 0.263. The lowest BCUT2D eigenvalue weighted by Crippen LogP contribution is -2.32. The molecule has 3 fully saturated rings. The van der Waals surface area contributed by atoms with Gasteiger partial charge in [-0.2, -0.15) is 0 Å². The number of rotatable bonds is 10. The van der Waals surface area contributed by atoms with Gasteiger partial charge in [-0.15, -0.1) is 0 Å². The molecule has 2 atom stereocenters. The van der Waals surface area contributed by atoms with E-state index in [1.54, 1.807) is 0 Å². The molecule has 0 heterocycles. The average Bonchev–Trinajstić information content (AvgIpc) is 2.79. The fourth-order valence-corrected chi connectivity index (χ4v) is 7.00. The Morgan fingerprint density at radius 1 is 0.700 bits per heavy atom. The fraction of sp³-hybridized carbons (Fsp3) is 0.964. The molecule has 30 heavy (non-hydrogen) atoms. The van der Waals surface area contributed by atoms with E-state index >= 15 is 0 Å². The van der Waals surface area contributed by atoms with Crippen LogP contribution in [0.2, 0.25) is 0 Å². The Labute approximate surface area is 187 Å². The molecule has 0 saturated heterocycles. The molecule has 0 unspecified atom stereocenters. The van der Waals surface area contributed by atoms with Crippen LogP contribution >= 0.6 is 0 Å². The lowest BCUT2D eigenvalue weighted by Gasteiger charge is -2.41. The zero-order valence-corrected chi connectivity index (χ0v) is 20.2. The van der Waals surface area contributed by atoms with Gasteiger partial charge in [-0.25, -0.2) is 0 Å². The monoisotopic (exact) mass is 418 g/mol. The summed E-state index contributed by atoms with van der Waals surface area (Å²) in [6.07, 6.45) is 25.5. The number of unbranched alkanes of at least 4 members (excludes halogenated alkanes) is 3. The van der Waals surface area contributed by atoms with E-state index in [1.807, 2.05) is 0 Å². The highest BCUT2D eigenvalue weighted by Crippen LogP contribution is 2.46. The molecule has 3 rings (SSSR count). The van der Waals surface area contributed by atoms with E-state index in [4.69, 9.17) is 4.74 Å². The molecule has 3 aliphatic carbocycles. The summed E-state index contributed by atoms with van der Waals surface area (Å²) in [7, 11) is 0. The first kappa shape index (κ1) is 24.1. The standard InChI is InChI=1S/C28H50O2/c1-3-5-7-9-22-13-15-23(16-14-22)24-17-19-25(20-18-24)26-10-8-11-27(21-26)30-28(29)12-6-4-2/h22-27H,3-21H2,1-2H3/t22?,23?,24?,25?,26-,27+/m0/s1. The maximum Gasteiger partial charge on any atom is 0.306 e. The Hall–Kier alpha value is -0.530. The predicted octanol–water partition coefficient (Wildman–Crippen LogP) is 8.47. The summed E-state index contributed by atoms with van der Waals surface area (Å²) in [5, 5.41) is 0. The predicted molar refractivity (Wildman–Crippen MR) is 126 cm³/mol. The molecule has 0 aromatic carbocycles. The number of carbonyl (C=O) groups excluding carboxylic acids is 1. The third-order valence-electron chi connectivity index (χ3n) is 8.96. The fourth-order valence-electron chi connectivity index (χ4n) is 7.00. The molecule has 174 valence electrons. The second-order valence-electron chi connectivity index (χ2n) is 11.1. The van der Waals surface area contributed by atoms with Crippen molar-refractivity contribution in [1.82, 2.24) is 0 Å². The van der Waals surface area contributed by atoms with E-state index in [0.717, 1.165) is 55.3 Å². The van der Waals surface area contributed by atoms with Gasteiger partial charge in [0.25, 0.3) is 0 Å². The summed E-state index contributed by atoms with van der Waals surface area (Å²) in [4.78, 5) is 12.0. The summed E-state index contributed by atoms with van der Waals surface area (Å²) >= 11 is 0. The van der Waals surface area contributed by atoms with Gasteiger partial charge in [0.15, 0.2) is 0 Å². The maximum atomic E-state index is 12.0. The number of carbonyl (C=O) groups is 1. The molecular weight excluding hydrogens is 368 g/mol. The van der Waals surface area contributed by atoms with Crippen molar-refractivity contribution in [1.29, 1.82) is 0 Å². The van der Waals surface area contributed by atoms with Crippen molar-refractivity contribution in [3.05, 3.63) is 0 Å². The van der Waals surface area contributed by atoms with Gasteiger partial charge in [0.05, 0.1) is 0 Å². The third-order valence-corrected chi connectivity index (χ3v) is 8.96. The summed E-state index contributed by atoms with van der Waals surface area (Å²) in [6.45, 7) is 4.46. The Morgan fingerprint density at radius 2 is 1.30 bits per heavy atom. The van der Waals surface area contributed by atoms with Gasteiger partial charge in [-0.3, -0.25) is 4.79 Å². The Bertz CT molecular complexity index is 471. The minimum Gasteiger partial charge on any atom is -0.462 e. The smallest absolute Gasteiger partial charge is 0.306 e. The van der Waals surface area contributed by atoms with Crippen LogP contribution in [0.15, 0.2) is 0 Å². The van der Waals surface area contributed by atoms with Crippen molar-refractivity contribution >= 4 is 5.97 Å².